The van der Waals surface area contributed by atoms with Crippen LogP contribution in [0.15, 0.2) is 36.4 Å². The summed E-state index contributed by atoms with van der Waals surface area (Å²) in [6, 6.07) is 9.01. The van der Waals surface area contributed by atoms with Crippen LogP contribution in [0.1, 0.15) is 91.3 Å². The van der Waals surface area contributed by atoms with Gasteiger partial charge in [-0.3, -0.25) is 4.79 Å². The standard InChI is InChI=1S/C25H30O5/c26-17-7-9-19(21(15-17)24(29)11-3-1-4-12-24)23(28)20-10-8-18(27)16-22(20)25(30)13-5-2-6-14-25/h7-10,15-16,26-27,29-30H,1-6,11-14H2. The summed E-state index contributed by atoms with van der Waals surface area (Å²) in [4.78, 5) is 13.7. The number of carbonyl (C=O) groups excluding carboxylic acids is 1. The van der Waals surface area contributed by atoms with Crippen LogP contribution in [0.2, 0.25) is 0 Å². The highest BCUT2D eigenvalue weighted by Gasteiger charge is 2.38. The van der Waals surface area contributed by atoms with Gasteiger partial charge in [-0.2, -0.15) is 0 Å². The quantitative estimate of drug-likeness (QED) is 0.551. The van der Waals surface area contributed by atoms with E-state index in [1.54, 1.807) is 12.1 Å². The van der Waals surface area contributed by atoms with Crippen LogP contribution < -0.4 is 0 Å². The molecule has 0 saturated heterocycles. The van der Waals surface area contributed by atoms with E-state index in [1.807, 2.05) is 0 Å². The third kappa shape index (κ3) is 3.84. The Morgan fingerprint density at radius 3 is 1.37 bits per heavy atom. The second-order valence-corrected chi connectivity index (χ2v) is 8.97. The molecule has 4 rings (SSSR count). The van der Waals surface area contributed by atoms with E-state index in [1.165, 1.54) is 24.3 Å². The smallest absolute Gasteiger partial charge is 0.193 e. The zero-order valence-corrected chi connectivity index (χ0v) is 17.2. The maximum atomic E-state index is 13.7. The minimum absolute atomic E-state index is 0.0115. The van der Waals surface area contributed by atoms with Crippen LogP contribution in [0.3, 0.4) is 0 Å². The number of phenols is 2. The third-order valence-electron chi connectivity index (χ3n) is 6.86. The number of benzene rings is 2. The fourth-order valence-corrected chi connectivity index (χ4v) is 5.19. The van der Waals surface area contributed by atoms with Crippen molar-refractivity contribution in [2.24, 2.45) is 0 Å². The van der Waals surface area contributed by atoms with Crippen LogP contribution in [-0.4, -0.2) is 26.2 Å². The number of hydrogen-bond acceptors (Lipinski definition) is 5. The third-order valence-corrected chi connectivity index (χ3v) is 6.86. The molecule has 30 heavy (non-hydrogen) atoms. The molecule has 5 nitrogen and oxygen atoms in total. The van der Waals surface area contributed by atoms with Crippen molar-refractivity contribution in [1.82, 2.24) is 0 Å². The van der Waals surface area contributed by atoms with Crippen molar-refractivity contribution in [2.75, 3.05) is 0 Å². The number of rotatable bonds is 4. The molecule has 0 aliphatic heterocycles. The Morgan fingerprint density at radius 2 is 1.00 bits per heavy atom. The molecule has 160 valence electrons. The molecule has 2 aliphatic carbocycles. The Kier molecular flexibility index (Phi) is 5.60. The molecule has 2 fully saturated rings. The average Bonchev–Trinajstić information content (AvgIpc) is 2.74. The lowest BCUT2D eigenvalue weighted by atomic mass is 9.74. The van der Waals surface area contributed by atoms with E-state index in [-0.39, 0.29) is 17.3 Å². The number of phenolic OH excluding ortho intramolecular Hbond substituents is 2. The van der Waals surface area contributed by atoms with Crippen LogP contribution in [0, 0.1) is 0 Å². The lowest BCUT2D eigenvalue weighted by molar-refractivity contribution is -0.00207. The van der Waals surface area contributed by atoms with Crippen LogP contribution in [0.4, 0.5) is 0 Å². The summed E-state index contributed by atoms with van der Waals surface area (Å²) in [5, 5.41) is 42.8. The molecule has 0 unspecified atom stereocenters. The number of aromatic hydroxyl groups is 2. The fourth-order valence-electron chi connectivity index (χ4n) is 5.19. The van der Waals surface area contributed by atoms with Crippen molar-refractivity contribution >= 4 is 5.78 Å². The van der Waals surface area contributed by atoms with Gasteiger partial charge in [0.2, 0.25) is 0 Å². The van der Waals surface area contributed by atoms with E-state index in [2.05, 4.69) is 0 Å². The van der Waals surface area contributed by atoms with Crippen molar-refractivity contribution in [1.29, 1.82) is 0 Å². The van der Waals surface area contributed by atoms with Crippen LogP contribution >= 0.6 is 0 Å². The fraction of sp³-hybridized carbons (Fsp3) is 0.480. The van der Waals surface area contributed by atoms with Crippen molar-refractivity contribution in [3.8, 4) is 11.5 Å². The van der Waals surface area contributed by atoms with Gasteiger partial charge in [0.05, 0.1) is 11.2 Å². The van der Waals surface area contributed by atoms with Gasteiger partial charge in [0.1, 0.15) is 11.5 Å². The van der Waals surface area contributed by atoms with Crippen LogP contribution in [0.25, 0.3) is 0 Å². The lowest BCUT2D eigenvalue weighted by Crippen LogP contribution is -2.32. The van der Waals surface area contributed by atoms with E-state index in [0.29, 0.717) is 47.9 Å². The highest BCUT2D eigenvalue weighted by Crippen LogP contribution is 2.43. The van der Waals surface area contributed by atoms with Crippen LogP contribution in [0.5, 0.6) is 11.5 Å². The van der Waals surface area contributed by atoms with Crippen molar-refractivity contribution < 1.29 is 25.2 Å². The Balaban J connectivity index is 1.81. The average molecular weight is 411 g/mol. The first-order valence-electron chi connectivity index (χ1n) is 11.0. The number of carbonyl (C=O) groups is 1. The zero-order chi connectivity index (χ0) is 21.4. The molecule has 0 aromatic heterocycles. The van der Waals surface area contributed by atoms with Gasteiger partial charge in [-0.05, 0) is 73.2 Å². The minimum Gasteiger partial charge on any atom is -0.508 e. The number of ketones is 1. The van der Waals surface area contributed by atoms with Gasteiger partial charge in [0, 0.05) is 11.1 Å². The maximum absolute atomic E-state index is 13.7. The second kappa shape index (κ2) is 8.05. The Hall–Kier alpha value is -2.37. The molecule has 0 amide bonds. The molecule has 0 atom stereocenters. The summed E-state index contributed by atoms with van der Waals surface area (Å²) in [6.45, 7) is 0. The SMILES string of the molecule is O=C(c1ccc(O)cc1C1(O)CCCCC1)c1ccc(O)cc1C1(O)CCCCC1. The first kappa shape index (κ1) is 20.9. The lowest BCUT2D eigenvalue weighted by Gasteiger charge is -2.35. The van der Waals surface area contributed by atoms with E-state index >= 15 is 0 Å². The van der Waals surface area contributed by atoms with E-state index in [4.69, 9.17) is 0 Å². The molecule has 0 bridgehead atoms. The number of hydrogen-bond donors (Lipinski definition) is 4. The summed E-state index contributed by atoms with van der Waals surface area (Å²) in [5.74, 6) is -0.284. The molecule has 2 saturated carbocycles. The van der Waals surface area contributed by atoms with Gasteiger partial charge in [-0.15, -0.1) is 0 Å². The normalized spacial score (nSPS) is 20.6. The van der Waals surface area contributed by atoms with Gasteiger partial charge in [-0.1, -0.05) is 38.5 Å². The molecule has 0 spiro atoms. The van der Waals surface area contributed by atoms with E-state index in [9.17, 15) is 25.2 Å². The molecule has 2 aromatic carbocycles. The van der Waals surface area contributed by atoms with Crippen molar-refractivity contribution in [3.05, 3.63) is 58.7 Å². The van der Waals surface area contributed by atoms with E-state index < -0.39 is 11.2 Å². The molecule has 5 heteroatoms. The van der Waals surface area contributed by atoms with Crippen molar-refractivity contribution in [3.63, 3.8) is 0 Å². The highest BCUT2D eigenvalue weighted by molar-refractivity contribution is 6.11. The minimum atomic E-state index is -1.15. The molecular weight excluding hydrogens is 380 g/mol. The topological polar surface area (TPSA) is 98.0 Å². The summed E-state index contributed by atoms with van der Waals surface area (Å²) in [6.07, 6.45) is 7.72. The van der Waals surface area contributed by atoms with Gasteiger partial charge < -0.3 is 20.4 Å². The highest BCUT2D eigenvalue weighted by atomic mass is 16.3. The Labute approximate surface area is 177 Å². The summed E-state index contributed by atoms with van der Waals surface area (Å²) < 4.78 is 0. The molecule has 0 radical (unpaired) electrons. The Bertz CT molecular complexity index is 861. The predicted octanol–water partition coefficient (Wildman–Crippen LogP) is 4.63. The maximum Gasteiger partial charge on any atom is 0.193 e. The monoisotopic (exact) mass is 410 g/mol. The van der Waals surface area contributed by atoms with Crippen molar-refractivity contribution in [2.45, 2.75) is 75.4 Å². The summed E-state index contributed by atoms with van der Waals surface area (Å²) in [7, 11) is 0. The summed E-state index contributed by atoms with van der Waals surface area (Å²) >= 11 is 0. The van der Waals surface area contributed by atoms with Gasteiger partial charge in [0.25, 0.3) is 0 Å². The largest absolute Gasteiger partial charge is 0.508 e. The number of aliphatic hydroxyl groups is 2. The molecule has 2 aromatic rings. The van der Waals surface area contributed by atoms with Gasteiger partial charge in [0.15, 0.2) is 5.78 Å². The molecular formula is C25H30O5. The zero-order valence-electron chi connectivity index (χ0n) is 17.2. The molecule has 0 heterocycles. The summed E-state index contributed by atoms with van der Waals surface area (Å²) in [5.41, 5.74) is -0.738. The Morgan fingerprint density at radius 1 is 0.633 bits per heavy atom. The first-order chi connectivity index (χ1) is 14.3. The van der Waals surface area contributed by atoms with E-state index in [0.717, 1.165) is 38.5 Å². The van der Waals surface area contributed by atoms with Gasteiger partial charge in [-0.25, -0.2) is 0 Å². The molecule has 4 N–H and O–H groups in total. The first-order valence-corrected chi connectivity index (χ1v) is 11.0. The van der Waals surface area contributed by atoms with Gasteiger partial charge >= 0.3 is 0 Å². The predicted molar refractivity (Wildman–Crippen MR) is 114 cm³/mol. The molecule has 2 aliphatic rings. The van der Waals surface area contributed by atoms with Crippen LogP contribution in [-0.2, 0) is 11.2 Å². The second-order valence-electron chi connectivity index (χ2n) is 8.97.